The molecule has 0 N–H and O–H groups in total. The molecule has 4 saturated carbocycles. The Morgan fingerprint density at radius 1 is 0.857 bits per heavy atom. The van der Waals surface area contributed by atoms with Crippen LogP contribution in [0.1, 0.15) is 78.1 Å². The SMILES string of the molecule is CO[C@@H]1CC[C@@]2(C)[C@@H](CC[C@@H]3[C@H]2CC[C@]2(C)CCC[C@@H]32)C1. The van der Waals surface area contributed by atoms with E-state index in [0.29, 0.717) is 16.9 Å². The van der Waals surface area contributed by atoms with Crippen LogP contribution >= 0.6 is 0 Å². The second-order valence-electron chi connectivity index (χ2n) is 9.37. The van der Waals surface area contributed by atoms with E-state index >= 15 is 0 Å². The highest BCUT2D eigenvalue weighted by Crippen LogP contribution is 2.66. The molecular weight excluding hydrogens is 256 g/mol. The predicted molar refractivity (Wildman–Crippen MR) is 87.1 cm³/mol. The molecule has 0 aromatic rings. The average Bonchev–Trinajstić information content (AvgIpc) is 2.88. The lowest BCUT2D eigenvalue weighted by atomic mass is 9.45. The van der Waals surface area contributed by atoms with Gasteiger partial charge < -0.3 is 4.74 Å². The van der Waals surface area contributed by atoms with Crippen LogP contribution in [0.15, 0.2) is 0 Å². The summed E-state index contributed by atoms with van der Waals surface area (Å²) in [6.07, 6.45) is 15.3. The average molecular weight is 290 g/mol. The van der Waals surface area contributed by atoms with E-state index in [0.717, 1.165) is 23.7 Å². The third kappa shape index (κ3) is 2.06. The molecule has 1 nitrogen and oxygen atoms in total. The third-order valence-electron chi connectivity index (χ3n) is 8.73. The summed E-state index contributed by atoms with van der Waals surface area (Å²) in [5.41, 5.74) is 1.36. The van der Waals surface area contributed by atoms with E-state index in [2.05, 4.69) is 13.8 Å². The van der Waals surface area contributed by atoms with Gasteiger partial charge in [-0.1, -0.05) is 20.3 Å². The maximum Gasteiger partial charge on any atom is 0.0574 e. The standard InChI is InChI=1S/C20H34O/c1-19-10-4-5-17(19)16-7-6-14-13-15(21-3)8-12-20(14,2)18(16)9-11-19/h14-18H,4-13H2,1-3H3/t14-,15+,16-,17-,18+,19-,20-/m0/s1. The molecule has 21 heavy (non-hydrogen) atoms. The summed E-state index contributed by atoms with van der Waals surface area (Å²) in [5.74, 6) is 4.11. The Hall–Kier alpha value is -0.0400. The quantitative estimate of drug-likeness (QED) is 0.625. The molecule has 0 aromatic carbocycles. The maximum absolute atomic E-state index is 5.71. The van der Waals surface area contributed by atoms with Crippen molar-refractivity contribution in [2.45, 2.75) is 84.2 Å². The van der Waals surface area contributed by atoms with Crippen molar-refractivity contribution < 1.29 is 4.74 Å². The molecule has 0 aromatic heterocycles. The number of fused-ring (bicyclic) bond motifs is 5. The van der Waals surface area contributed by atoms with Crippen LogP contribution in [0, 0.1) is 34.5 Å². The number of hydrogen-bond donors (Lipinski definition) is 0. The highest BCUT2D eigenvalue weighted by molar-refractivity contribution is 5.07. The van der Waals surface area contributed by atoms with Crippen molar-refractivity contribution in [2.24, 2.45) is 34.5 Å². The molecule has 0 aliphatic heterocycles. The molecular formula is C20H34O. The Morgan fingerprint density at radius 2 is 1.71 bits per heavy atom. The van der Waals surface area contributed by atoms with Gasteiger partial charge in [0, 0.05) is 7.11 Å². The molecule has 0 amide bonds. The van der Waals surface area contributed by atoms with Gasteiger partial charge in [-0.15, -0.1) is 0 Å². The predicted octanol–water partition coefficient (Wildman–Crippen LogP) is 5.43. The molecule has 1 heteroatoms. The van der Waals surface area contributed by atoms with Gasteiger partial charge in [-0.2, -0.15) is 0 Å². The maximum atomic E-state index is 5.71. The van der Waals surface area contributed by atoms with Gasteiger partial charge in [0.05, 0.1) is 6.10 Å². The minimum Gasteiger partial charge on any atom is -0.381 e. The number of methoxy groups -OCH3 is 1. The van der Waals surface area contributed by atoms with Crippen molar-refractivity contribution in [3.8, 4) is 0 Å². The second kappa shape index (κ2) is 4.98. The molecule has 4 aliphatic rings. The van der Waals surface area contributed by atoms with Crippen LogP contribution in [0.4, 0.5) is 0 Å². The van der Waals surface area contributed by atoms with E-state index in [9.17, 15) is 0 Å². The lowest BCUT2D eigenvalue weighted by Gasteiger charge is -2.60. The van der Waals surface area contributed by atoms with Crippen molar-refractivity contribution in [3.05, 3.63) is 0 Å². The highest BCUT2D eigenvalue weighted by atomic mass is 16.5. The number of hydrogen-bond acceptors (Lipinski definition) is 1. The van der Waals surface area contributed by atoms with Gasteiger partial charge in [0.15, 0.2) is 0 Å². The molecule has 0 saturated heterocycles. The Kier molecular flexibility index (Phi) is 3.45. The van der Waals surface area contributed by atoms with E-state index in [1.54, 1.807) is 6.42 Å². The van der Waals surface area contributed by atoms with Gasteiger partial charge in [0.25, 0.3) is 0 Å². The summed E-state index contributed by atoms with van der Waals surface area (Å²) >= 11 is 0. The van der Waals surface area contributed by atoms with Crippen LogP contribution in [-0.4, -0.2) is 13.2 Å². The van der Waals surface area contributed by atoms with E-state index in [4.69, 9.17) is 4.74 Å². The smallest absolute Gasteiger partial charge is 0.0574 e. The second-order valence-corrected chi connectivity index (χ2v) is 9.37. The van der Waals surface area contributed by atoms with Gasteiger partial charge in [0.1, 0.15) is 0 Å². The molecule has 4 aliphatic carbocycles. The molecule has 0 spiro atoms. The first-order chi connectivity index (χ1) is 10.1. The van der Waals surface area contributed by atoms with Crippen LogP contribution in [0.25, 0.3) is 0 Å². The molecule has 0 bridgehead atoms. The van der Waals surface area contributed by atoms with Crippen LogP contribution in [-0.2, 0) is 4.74 Å². The Morgan fingerprint density at radius 3 is 2.52 bits per heavy atom. The zero-order valence-electron chi connectivity index (χ0n) is 14.4. The molecule has 120 valence electrons. The van der Waals surface area contributed by atoms with E-state index in [1.807, 2.05) is 7.11 Å². The first-order valence-electron chi connectivity index (χ1n) is 9.60. The first-order valence-corrected chi connectivity index (χ1v) is 9.60. The third-order valence-corrected chi connectivity index (χ3v) is 8.73. The van der Waals surface area contributed by atoms with Crippen molar-refractivity contribution in [1.29, 1.82) is 0 Å². The zero-order valence-corrected chi connectivity index (χ0v) is 14.4. The summed E-state index contributed by atoms with van der Waals surface area (Å²) in [7, 11) is 1.92. The fourth-order valence-electron chi connectivity index (χ4n) is 7.43. The van der Waals surface area contributed by atoms with E-state index < -0.39 is 0 Å². The Bertz CT molecular complexity index is 405. The minimum absolute atomic E-state index is 0.556. The Labute approximate surface area is 131 Å². The van der Waals surface area contributed by atoms with Gasteiger partial charge in [-0.05, 0) is 92.3 Å². The molecule has 0 heterocycles. The van der Waals surface area contributed by atoms with Crippen LogP contribution in [0.5, 0.6) is 0 Å². The highest BCUT2D eigenvalue weighted by Gasteiger charge is 2.57. The lowest BCUT2D eigenvalue weighted by molar-refractivity contribution is -0.125. The topological polar surface area (TPSA) is 9.23 Å². The number of ether oxygens (including phenoxy) is 1. The van der Waals surface area contributed by atoms with Gasteiger partial charge in [-0.25, -0.2) is 0 Å². The van der Waals surface area contributed by atoms with Crippen LogP contribution < -0.4 is 0 Å². The first kappa shape index (κ1) is 14.5. The summed E-state index contributed by atoms with van der Waals surface area (Å²) in [5, 5.41) is 0. The summed E-state index contributed by atoms with van der Waals surface area (Å²) in [4.78, 5) is 0. The van der Waals surface area contributed by atoms with Crippen molar-refractivity contribution in [3.63, 3.8) is 0 Å². The van der Waals surface area contributed by atoms with Gasteiger partial charge in [0.2, 0.25) is 0 Å². The zero-order chi connectivity index (χ0) is 14.7. The van der Waals surface area contributed by atoms with Crippen LogP contribution in [0.3, 0.4) is 0 Å². The molecule has 4 fully saturated rings. The molecule has 4 rings (SSSR count). The van der Waals surface area contributed by atoms with Gasteiger partial charge >= 0.3 is 0 Å². The number of rotatable bonds is 1. The van der Waals surface area contributed by atoms with E-state index in [-0.39, 0.29) is 0 Å². The fraction of sp³-hybridized carbons (Fsp3) is 1.00. The lowest BCUT2D eigenvalue weighted by Crippen LogP contribution is -2.53. The van der Waals surface area contributed by atoms with Crippen molar-refractivity contribution in [1.82, 2.24) is 0 Å². The molecule has 0 radical (unpaired) electrons. The van der Waals surface area contributed by atoms with Crippen molar-refractivity contribution >= 4 is 0 Å². The summed E-state index contributed by atoms with van der Waals surface area (Å²) in [6, 6.07) is 0. The fourth-order valence-corrected chi connectivity index (χ4v) is 7.43. The minimum atomic E-state index is 0.556. The molecule has 7 atom stereocenters. The van der Waals surface area contributed by atoms with Crippen molar-refractivity contribution in [2.75, 3.05) is 7.11 Å². The summed E-state index contributed by atoms with van der Waals surface area (Å²) < 4.78 is 5.71. The molecule has 0 unspecified atom stereocenters. The van der Waals surface area contributed by atoms with E-state index in [1.165, 1.54) is 57.8 Å². The normalized spacial score (nSPS) is 56.4. The Balaban J connectivity index is 1.59. The largest absolute Gasteiger partial charge is 0.381 e. The van der Waals surface area contributed by atoms with Gasteiger partial charge in [-0.3, -0.25) is 0 Å². The van der Waals surface area contributed by atoms with Crippen LogP contribution in [0.2, 0.25) is 0 Å². The summed E-state index contributed by atoms with van der Waals surface area (Å²) in [6.45, 7) is 5.29. The monoisotopic (exact) mass is 290 g/mol.